The summed E-state index contributed by atoms with van der Waals surface area (Å²) in [6, 6.07) is 5.07. The molecule has 2 rings (SSSR count). The van der Waals surface area contributed by atoms with E-state index >= 15 is 0 Å². The average Bonchev–Trinajstić information content (AvgIpc) is 2.49. The molecule has 0 amide bonds. The van der Waals surface area contributed by atoms with E-state index in [1.165, 1.54) is 0 Å². The summed E-state index contributed by atoms with van der Waals surface area (Å²) in [5.74, 6) is 1.24. The van der Waals surface area contributed by atoms with Crippen molar-refractivity contribution in [1.82, 2.24) is 0 Å². The third-order valence-electron chi connectivity index (χ3n) is 3.67. The number of nitro groups is 1. The van der Waals surface area contributed by atoms with Crippen LogP contribution < -0.4 is 9.47 Å². The maximum atomic E-state index is 11.2. The Labute approximate surface area is 124 Å². The predicted molar refractivity (Wildman–Crippen MR) is 80.7 cm³/mol. The van der Waals surface area contributed by atoms with E-state index in [-0.39, 0.29) is 10.8 Å². The molecule has 2 atom stereocenters. The summed E-state index contributed by atoms with van der Waals surface area (Å²) in [6.45, 7) is 4.92. The molecule has 0 heterocycles. The highest BCUT2D eigenvalue weighted by Crippen LogP contribution is 2.36. The quantitative estimate of drug-likeness (QED) is 0.457. The molecule has 1 aromatic carbocycles. The minimum absolute atomic E-state index is 0.111. The molecule has 21 heavy (non-hydrogen) atoms. The van der Waals surface area contributed by atoms with Crippen LogP contribution in [0.3, 0.4) is 0 Å². The normalized spacial score (nSPS) is 21.0. The highest BCUT2D eigenvalue weighted by Gasteiger charge is 2.33. The van der Waals surface area contributed by atoms with Gasteiger partial charge in [-0.15, -0.1) is 0 Å². The van der Waals surface area contributed by atoms with Gasteiger partial charge in [0, 0.05) is 11.3 Å². The standard InChI is InChI=1S/C16H21NO4/c1-3-20-15-10-9-12(11-16(15)21-4-2)13-7-5-6-8-14(13)17(18)19/h5-6,9-11,13-14H,3-4,7-8H2,1-2H3/t13-,14+/m0/s1. The van der Waals surface area contributed by atoms with Crippen LogP contribution >= 0.6 is 0 Å². The molecular formula is C16H21NO4. The summed E-state index contributed by atoms with van der Waals surface area (Å²) in [5, 5.41) is 11.2. The second-order valence-electron chi connectivity index (χ2n) is 4.97. The van der Waals surface area contributed by atoms with Gasteiger partial charge in [0.05, 0.1) is 19.1 Å². The Kier molecular flexibility index (Phi) is 5.20. The lowest BCUT2D eigenvalue weighted by Gasteiger charge is -2.23. The summed E-state index contributed by atoms with van der Waals surface area (Å²) < 4.78 is 11.1. The summed E-state index contributed by atoms with van der Waals surface area (Å²) >= 11 is 0. The highest BCUT2D eigenvalue weighted by molar-refractivity contribution is 5.44. The van der Waals surface area contributed by atoms with Crippen LogP contribution in [0.25, 0.3) is 0 Å². The highest BCUT2D eigenvalue weighted by atomic mass is 16.6. The van der Waals surface area contributed by atoms with Crippen molar-refractivity contribution < 1.29 is 14.4 Å². The van der Waals surface area contributed by atoms with Gasteiger partial charge >= 0.3 is 0 Å². The van der Waals surface area contributed by atoms with Crippen molar-refractivity contribution in [3.05, 3.63) is 46.0 Å². The number of ether oxygens (including phenoxy) is 2. The first-order valence-corrected chi connectivity index (χ1v) is 7.35. The van der Waals surface area contributed by atoms with Gasteiger partial charge in [-0.2, -0.15) is 0 Å². The van der Waals surface area contributed by atoms with Gasteiger partial charge in [0.1, 0.15) is 0 Å². The van der Waals surface area contributed by atoms with Crippen molar-refractivity contribution in [3.8, 4) is 11.5 Å². The topological polar surface area (TPSA) is 61.6 Å². The molecule has 0 saturated carbocycles. The smallest absolute Gasteiger partial charge is 0.223 e. The second kappa shape index (κ2) is 7.11. The zero-order valence-corrected chi connectivity index (χ0v) is 12.5. The van der Waals surface area contributed by atoms with E-state index in [4.69, 9.17) is 9.47 Å². The van der Waals surface area contributed by atoms with Crippen LogP contribution in [0.1, 0.15) is 38.2 Å². The maximum absolute atomic E-state index is 11.2. The third kappa shape index (κ3) is 3.54. The van der Waals surface area contributed by atoms with Gasteiger partial charge in [0.2, 0.25) is 6.04 Å². The number of rotatable bonds is 6. The van der Waals surface area contributed by atoms with E-state index in [0.717, 1.165) is 5.56 Å². The van der Waals surface area contributed by atoms with E-state index in [0.29, 0.717) is 37.6 Å². The Bertz CT molecular complexity index is 527. The minimum atomic E-state index is -0.567. The van der Waals surface area contributed by atoms with Gasteiger partial charge in [-0.25, -0.2) is 0 Å². The van der Waals surface area contributed by atoms with Crippen LogP contribution in [0.4, 0.5) is 0 Å². The van der Waals surface area contributed by atoms with Crippen molar-refractivity contribution in [3.63, 3.8) is 0 Å². The molecule has 1 aliphatic rings. The van der Waals surface area contributed by atoms with Gasteiger partial charge < -0.3 is 9.47 Å². The summed E-state index contributed by atoms with van der Waals surface area (Å²) in [7, 11) is 0. The largest absolute Gasteiger partial charge is 0.490 e. The fourth-order valence-electron chi connectivity index (χ4n) is 2.69. The number of benzene rings is 1. The lowest BCUT2D eigenvalue weighted by atomic mass is 9.83. The molecule has 1 aromatic rings. The molecule has 114 valence electrons. The lowest BCUT2D eigenvalue weighted by molar-refractivity contribution is -0.526. The van der Waals surface area contributed by atoms with Crippen LogP contribution in [-0.4, -0.2) is 24.2 Å². The summed E-state index contributed by atoms with van der Waals surface area (Å²) in [5.41, 5.74) is 0.938. The first-order valence-electron chi connectivity index (χ1n) is 7.35. The fourth-order valence-corrected chi connectivity index (χ4v) is 2.69. The van der Waals surface area contributed by atoms with E-state index < -0.39 is 6.04 Å². The van der Waals surface area contributed by atoms with Gasteiger partial charge in [0.25, 0.3) is 0 Å². The molecule has 0 aliphatic heterocycles. The zero-order chi connectivity index (χ0) is 15.2. The summed E-state index contributed by atoms with van der Waals surface area (Å²) in [6.07, 6.45) is 5.07. The molecular weight excluding hydrogens is 270 g/mol. The van der Waals surface area contributed by atoms with Crippen LogP contribution in [0, 0.1) is 10.1 Å². The Hall–Kier alpha value is -2.04. The SMILES string of the molecule is CCOc1ccc([C@@H]2CC=CC[C@H]2[N+](=O)[O-])cc1OCC. The first-order chi connectivity index (χ1) is 10.2. The zero-order valence-electron chi connectivity index (χ0n) is 12.5. The van der Waals surface area contributed by atoms with E-state index in [1.807, 2.05) is 44.2 Å². The third-order valence-corrected chi connectivity index (χ3v) is 3.67. The first kappa shape index (κ1) is 15.4. The van der Waals surface area contributed by atoms with Gasteiger partial charge in [-0.3, -0.25) is 10.1 Å². The summed E-state index contributed by atoms with van der Waals surface area (Å²) in [4.78, 5) is 11.1. The maximum Gasteiger partial charge on any atom is 0.223 e. The van der Waals surface area contributed by atoms with Crippen molar-refractivity contribution in [2.24, 2.45) is 0 Å². The number of nitrogens with zero attached hydrogens (tertiary/aromatic N) is 1. The molecule has 5 heteroatoms. The van der Waals surface area contributed by atoms with Crippen molar-refractivity contribution in [1.29, 1.82) is 0 Å². The van der Waals surface area contributed by atoms with Gasteiger partial charge in [0.15, 0.2) is 11.5 Å². The Morgan fingerprint density at radius 3 is 2.48 bits per heavy atom. The Balaban J connectivity index is 2.32. The molecule has 0 radical (unpaired) electrons. The van der Waals surface area contributed by atoms with Crippen LogP contribution in [0.5, 0.6) is 11.5 Å². The van der Waals surface area contributed by atoms with E-state index in [2.05, 4.69) is 0 Å². The molecule has 1 aliphatic carbocycles. The fraction of sp³-hybridized carbons (Fsp3) is 0.500. The molecule has 0 spiro atoms. The molecule has 0 saturated heterocycles. The van der Waals surface area contributed by atoms with Crippen molar-refractivity contribution in [2.45, 2.75) is 38.6 Å². The number of hydrogen-bond acceptors (Lipinski definition) is 4. The minimum Gasteiger partial charge on any atom is -0.490 e. The lowest BCUT2D eigenvalue weighted by Crippen LogP contribution is -2.28. The Morgan fingerprint density at radius 2 is 1.81 bits per heavy atom. The second-order valence-corrected chi connectivity index (χ2v) is 4.97. The van der Waals surface area contributed by atoms with Crippen LogP contribution in [0.2, 0.25) is 0 Å². The Morgan fingerprint density at radius 1 is 1.14 bits per heavy atom. The number of allylic oxidation sites excluding steroid dienone is 1. The van der Waals surface area contributed by atoms with Gasteiger partial charge in [-0.05, 0) is 38.0 Å². The monoisotopic (exact) mass is 291 g/mol. The predicted octanol–water partition coefficient (Wildman–Crippen LogP) is 3.56. The van der Waals surface area contributed by atoms with E-state index in [1.54, 1.807) is 0 Å². The molecule has 5 nitrogen and oxygen atoms in total. The van der Waals surface area contributed by atoms with Crippen LogP contribution in [-0.2, 0) is 0 Å². The molecule has 0 N–H and O–H groups in total. The number of hydrogen-bond donors (Lipinski definition) is 0. The van der Waals surface area contributed by atoms with Crippen molar-refractivity contribution in [2.75, 3.05) is 13.2 Å². The van der Waals surface area contributed by atoms with Crippen molar-refractivity contribution >= 4 is 0 Å². The van der Waals surface area contributed by atoms with E-state index in [9.17, 15) is 10.1 Å². The average molecular weight is 291 g/mol. The molecule has 0 fully saturated rings. The van der Waals surface area contributed by atoms with Gasteiger partial charge in [-0.1, -0.05) is 18.2 Å². The molecule has 0 bridgehead atoms. The molecule has 0 unspecified atom stereocenters. The van der Waals surface area contributed by atoms with Crippen LogP contribution in [0.15, 0.2) is 30.4 Å². The molecule has 0 aromatic heterocycles.